The Hall–Kier alpha value is -0.560. The smallest absolute Gasteiger partial charge is 0.426 e. The van der Waals surface area contributed by atoms with E-state index >= 15 is 0 Å². The number of hydrazine groups is 1. The SMILES string of the molecule is CSSCCOC(=O)NNC(=O)C(C)C. The lowest BCUT2D eigenvalue weighted by Crippen LogP contribution is -2.43. The Balaban J connectivity index is 3.45. The van der Waals surface area contributed by atoms with Crippen LogP contribution in [-0.2, 0) is 9.53 Å². The van der Waals surface area contributed by atoms with Crippen molar-refractivity contribution in [3.63, 3.8) is 0 Å². The third-order valence-electron chi connectivity index (χ3n) is 1.33. The fourth-order valence-corrected chi connectivity index (χ4v) is 1.57. The highest BCUT2D eigenvalue weighted by Crippen LogP contribution is 2.15. The largest absolute Gasteiger partial charge is 0.447 e. The summed E-state index contributed by atoms with van der Waals surface area (Å²) in [5, 5.41) is 0. The summed E-state index contributed by atoms with van der Waals surface area (Å²) < 4.78 is 4.78. The predicted octanol–water partition coefficient (Wildman–Crippen LogP) is 1.41. The van der Waals surface area contributed by atoms with Crippen LogP contribution in [-0.4, -0.2) is 30.6 Å². The molecule has 88 valence electrons. The molecule has 0 aliphatic carbocycles. The van der Waals surface area contributed by atoms with Crippen LogP contribution in [0.3, 0.4) is 0 Å². The monoisotopic (exact) mass is 252 g/mol. The van der Waals surface area contributed by atoms with E-state index in [1.165, 1.54) is 0 Å². The lowest BCUT2D eigenvalue weighted by molar-refractivity contribution is -0.124. The molecular weight excluding hydrogens is 236 g/mol. The molecule has 0 saturated carbocycles. The Morgan fingerprint density at radius 3 is 2.53 bits per heavy atom. The van der Waals surface area contributed by atoms with Gasteiger partial charge in [-0.2, -0.15) is 0 Å². The van der Waals surface area contributed by atoms with E-state index < -0.39 is 6.09 Å². The minimum atomic E-state index is -0.634. The van der Waals surface area contributed by atoms with Gasteiger partial charge in [0.05, 0.1) is 0 Å². The summed E-state index contributed by atoms with van der Waals surface area (Å²) in [6, 6.07) is 0. The Labute approximate surface area is 97.4 Å². The van der Waals surface area contributed by atoms with Crippen molar-refractivity contribution in [3.05, 3.63) is 0 Å². The number of amides is 2. The molecule has 0 aromatic carbocycles. The average Bonchev–Trinajstić information content (AvgIpc) is 2.20. The molecule has 2 N–H and O–H groups in total. The van der Waals surface area contributed by atoms with Crippen LogP contribution in [0.2, 0.25) is 0 Å². The molecule has 0 saturated heterocycles. The minimum Gasteiger partial charge on any atom is -0.447 e. The number of hydrogen-bond acceptors (Lipinski definition) is 5. The molecule has 0 aliphatic rings. The van der Waals surface area contributed by atoms with Crippen LogP contribution in [0.15, 0.2) is 0 Å². The third kappa shape index (κ3) is 8.44. The van der Waals surface area contributed by atoms with E-state index in [2.05, 4.69) is 10.9 Å². The van der Waals surface area contributed by atoms with Gasteiger partial charge in [0.1, 0.15) is 6.61 Å². The van der Waals surface area contributed by atoms with E-state index in [0.29, 0.717) is 6.61 Å². The zero-order valence-electron chi connectivity index (χ0n) is 9.03. The van der Waals surface area contributed by atoms with Crippen LogP contribution < -0.4 is 10.9 Å². The number of nitrogens with one attached hydrogen (secondary N) is 2. The number of hydrogen-bond donors (Lipinski definition) is 2. The van der Waals surface area contributed by atoms with Crippen LogP contribution in [0.1, 0.15) is 13.8 Å². The fraction of sp³-hybridized carbons (Fsp3) is 0.750. The van der Waals surface area contributed by atoms with Crippen LogP contribution in [0.5, 0.6) is 0 Å². The highest BCUT2D eigenvalue weighted by Gasteiger charge is 2.08. The van der Waals surface area contributed by atoms with Gasteiger partial charge >= 0.3 is 6.09 Å². The molecule has 0 unspecified atom stereocenters. The van der Waals surface area contributed by atoms with Crippen molar-refractivity contribution in [3.8, 4) is 0 Å². The second kappa shape index (κ2) is 8.72. The molecule has 0 fully saturated rings. The van der Waals surface area contributed by atoms with Gasteiger partial charge in [0.25, 0.3) is 0 Å². The quantitative estimate of drug-likeness (QED) is 0.440. The number of rotatable bonds is 5. The van der Waals surface area contributed by atoms with E-state index in [0.717, 1.165) is 5.75 Å². The molecule has 2 amide bonds. The van der Waals surface area contributed by atoms with E-state index in [1.807, 2.05) is 6.26 Å². The van der Waals surface area contributed by atoms with E-state index in [9.17, 15) is 9.59 Å². The summed E-state index contributed by atoms with van der Waals surface area (Å²) in [6.45, 7) is 3.80. The van der Waals surface area contributed by atoms with Crippen molar-refractivity contribution in [1.82, 2.24) is 10.9 Å². The van der Waals surface area contributed by atoms with Crippen molar-refractivity contribution in [1.29, 1.82) is 0 Å². The first kappa shape index (κ1) is 14.4. The molecule has 0 aliphatic heterocycles. The Morgan fingerprint density at radius 2 is 2.00 bits per heavy atom. The number of carbonyl (C=O) groups excluding carboxylic acids is 2. The Kier molecular flexibility index (Phi) is 8.40. The zero-order chi connectivity index (χ0) is 11.7. The first-order valence-electron chi connectivity index (χ1n) is 4.46. The second-order valence-electron chi connectivity index (χ2n) is 2.89. The normalized spacial score (nSPS) is 9.87. The van der Waals surface area contributed by atoms with Gasteiger partial charge in [-0.1, -0.05) is 35.4 Å². The lowest BCUT2D eigenvalue weighted by atomic mass is 10.2. The van der Waals surface area contributed by atoms with Crippen molar-refractivity contribution in [2.24, 2.45) is 5.92 Å². The van der Waals surface area contributed by atoms with Gasteiger partial charge in [-0.05, 0) is 6.26 Å². The molecule has 0 aromatic rings. The molecule has 0 rings (SSSR count). The molecular formula is C8H16N2O3S2. The minimum absolute atomic E-state index is 0.169. The summed E-state index contributed by atoms with van der Waals surface area (Å²) in [6.07, 6.45) is 1.32. The van der Waals surface area contributed by atoms with E-state index in [-0.39, 0.29) is 11.8 Å². The van der Waals surface area contributed by atoms with Gasteiger partial charge < -0.3 is 4.74 Å². The van der Waals surface area contributed by atoms with E-state index in [1.54, 1.807) is 35.4 Å². The number of ether oxygens (including phenoxy) is 1. The summed E-state index contributed by atoms with van der Waals surface area (Å²) in [5.74, 6) is 0.315. The molecule has 0 radical (unpaired) electrons. The third-order valence-corrected chi connectivity index (χ3v) is 3.11. The second-order valence-corrected chi connectivity index (χ2v) is 5.58. The van der Waals surface area contributed by atoms with Gasteiger partial charge in [0, 0.05) is 11.7 Å². The molecule has 0 atom stereocenters. The molecule has 5 nitrogen and oxygen atoms in total. The molecule has 0 aromatic heterocycles. The first-order valence-corrected chi connectivity index (χ1v) is 7.19. The van der Waals surface area contributed by atoms with Crippen LogP contribution in [0.4, 0.5) is 4.79 Å². The van der Waals surface area contributed by atoms with Gasteiger partial charge in [0.15, 0.2) is 0 Å². The standard InChI is InChI=1S/C8H16N2O3S2/c1-6(2)7(11)9-10-8(12)13-4-5-15-14-3/h6H,4-5H2,1-3H3,(H,9,11)(H,10,12). The maximum Gasteiger partial charge on any atom is 0.426 e. The topological polar surface area (TPSA) is 67.4 Å². The average molecular weight is 252 g/mol. The Morgan fingerprint density at radius 1 is 1.33 bits per heavy atom. The summed E-state index contributed by atoms with van der Waals surface area (Å²) in [7, 11) is 3.21. The summed E-state index contributed by atoms with van der Waals surface area (Å²) in [4.78, 5) is 22.0. The molecule has 0 heterocycles. The molecule has 0 spiro atoms. The maximum absolute atomic E-state index is 11.0. The molecule has 7 heteroatoms. The first-order chi connectivity index (χ1) is 7.07. The zero-order valence-corrected chi connectivity index (χ0v) is 10.7. The van der Waals surface area contributed by atoms with Crippen molar-refractivity contribution < 1.29 is 14.3 Å². The van der Waals surface area contributed by atoms with Gasteiger partial charge in [-0.25, -0.2) is 10.2 Å². The Bertz CT molecular complexity index is 212. The van der Waals surface area contributed by atoms with Gasteiger partial charge in [0.2, 0.25) is 5.91 Å². The molecule has 15 heavy (non-hydrogen) atoms. The fourth-order valence-electron chi connectivity index (χ4n) is 0.545. The van der Waals surface area contributed by atoms with Crippen LogP contribution in [0, 0.1) is 5.92 Å². The van der Waals surface area contributed by atoms with Crippen molar-refractivity contribution in [2.75, 3.05) is 18.6 Å². The van der Waals surface area contributed by atoms with Crippen LogP contribution >= 0.6 is 21.6 Å². The predicted molar refractivity (Wildman–Crippen MR) is 63.4 cm³/mol. The van der Waals surface area contributed by atoms with Crippen LogP contribution in [0.25, 0.3) is 0 Å². The van der Waals surface area contributed by atoms with Crippen molar-refractivity contribution in [2.45, 2.75) is 13.8 Å². The van der Waals surface area contributed by atoms with Gasteiger partial charge in [-0.15, -0.1) is 0 Å². The lowest BCUT2D eigenvalue weighted by Gasteiger charge is -2.09. The highest BCUT2D eigenvalue weighted by molar-refractivity contribution is 8.76. The maximum atomic E-state index is 11.0. The van der Waals surface area contributed by atoms with Gasteiger partial charge in [-0.3, -0.25) is 10.2 Å². The van der Waals surface area contributed by atoms with Crippen molar-refractivity contribution >= 4 is 33.6 Å². The molecule has 0 bridgehead atoms. The van der Waals surface area contributed by atoms with E-state index in [4.69, 9.17) is 4.74 Å². The summed E-state index contributed by atoms with van der Waals surface area (Å²) >= 11 is 0. The number of carbonyl (C=O) groups is 2. The summed E-state index contributed by atoms with van der Waals surface area (Å²) in [5.41, 5.74) is 4.41. The highest BCUT2D eigenvalue weighted by atomic mass is 33.1.